The van der Waals surface area contributed by atoms with Crippen molar-refractivity contribution in [3.63, 3.8) is 0 Å². The van der Waals surface area contributed by atoms with Crippen LogP contribution >= 0.6 is 31.9 Å². The van der Waals surface area contributed by atoms with Gasteiger partial charge in [0.1, 0.15) is 13.2 Å². The van der Waals surface area contributed by atoms with Gasteiger partial charge in [0.15, 0.2) is 11.5 Å². The summed E-state index contributed by atoms with van der Waals surface area (Å²) in [6.07, 6.45) is 1.43. The molecular formula is C29H25Br2N3O5S. The topological polar surface area (TPSA) is 97.3 Å². The Kier molecular flexibility index (Phi) is 9.97. The van der Waals surface area contributed by atoms with Crippen molar-refractivity contribution < 1.29 is 22.7 Å². The van der Waals surface area contributed by atoms with Gasteiger partial charge in [0.05, 0.1) is 28.4 Å². The smallest absolute Gasteiger partial charge is 0.264 e. The van der Waals surface area contributed by atoms with E-state index < -0.39 is 22.5 Å². The van der Waals surface area contributed by atoms with Gasteiger partial charge < -0.3 is 9.47 Å². The van der Waals surface area contributed by atoms with E-state index in [2.05, 4.69) is 42.4 Å². The molecule has 206 valence electrons. The van der Waals surface area contributed by atoms with E-state index >= 15 is 0 Å². The standard InChI is InChI=1S/C29H25Br2N3O5S/c1-38-27-17-22(16-26(31)29(27)39-20-21-8-4-2-5-9-21)18-32-33-28(35)19-34(24-14-12-23(30)13-15-24)40(36,37)25-10-6-3-7-11-25/h2-18H,19-20H2,1H3,(H,33,35)/b32-18-. The second kappa shape index (κ2) is 13.6. The molecule has 40 heavy (non-hydrogen) atoms. The molecule has 0 aliphatic heterocycles. The molecule has 0 aromatic heterocycles. The average molecular weight is 687 g/mol. The number of nitrogens with one attached hydrogen (secondary N) is 1. The molecule has 0 saturated heterocycles. The van der Waals surface area contributed by atoms with Crippen molar-refractivity contribution in [1.29, 1.82) is 0 Å². The van der Waals surface area contributed by atoms with E-state index in [0.29, 0.717) is 33.8 Å². The number of hydrogen-bond acceptors (Lipinski definition) is 6. The Labute approximate surface area is 249 Å². The molecule has 0 radical (unpaired) electrons. The number of carbonyl (C=O) groups excluding carboxylic acids is 1. The zero-order chi connectivity index (χ0) is 28.5. The van der Waals surface area contributed by atoms with Gasteiger partial charge in [-0.05, 0) is 75.6 Å². The second-order valence-corrected chi connectivity index (χ2v) is 12.0. The zero-order valence-electron chi connectivity index (χ0n) is 21.3. The first kappa shape index (κ1) is 29.3. The number of halogens is 2. The van der Waals surface area contributed by atoms with Crippen molar-refractivity contribution in [3.8, 4) is 11.5 Å². The maximum absolute atomic E-state index is 13.4. The minimum Gasteiger partial charge on any atom is -0.493 e. The predicted molar refractivity (Wildman–Crippen MR) is 162 cm³/mol. The van der Waals surface area contributed by atoms with E-state index in [4.69, 9.17) is 9.47 Å². The summed E-state index contributed by atoms with van der Waals surface area (Å²) in [6.45, 7) is -0.116. The van der Waals surface area contributed by atoms with Crippen LogP contribution in [0.4, 0.5) is 5.69 Å². The van der Waals surface area contributed by atoms with Gasteiger partial charge in [0, 0.05) is 4.47 Å². The maximum Gasteiger partial charge on any atom is 0.264 e. The van der Waals surface area contributed by atoms with Gasteiger partial charge in [0.2, 0.25) is 0 Å². The summed E-state index contributed by atoms with van der Waals surface area (Å²) in [4.78, 5) is 12.9. The lowest BCUT2D eigenvalue weighted by molar-refractivity contribution is -0.119. The number of amides is 1. The Morgan fingerprint density at radius 3 is 2.25 bits per heavy atom. The van der Waals surface area contributed by atoms with Crippen LogP contribution in [-0.2, 0) is 21.4 Å². The quantitative estimate of drug-likeness (QED) is 0.151. The van der Waals surface area contributed by atoms with Crippen LogP contribution in [0.15, 0.2) is 116 Å². The third-order valence-electron chi connectivity index (χ3n) is 5.61. The van der Waals surface area contributed by atoms with Crippen LogP contribution in [0.2, 0.25) is 0 Å². The van der Waals surface area contributed by atoms with Gasteiger partial charge in [-0.25, -0.2) is 13.8 Å². The van der Waals surface area contributed by atoms with Gasteiger partial charge in [-0.2, -0.15) is 5.10 Å². The van der Waals surface area contributed by atoms with Crippen molar-refractivity contribution in [2.24, 2.45) is 5.10 Å². The number of carbonyl (C=O) groups is 1. The Balaban J connectivity index is 1.48. The molecule has 4 aromatic carbocycles. The third-order valence-corrected chi connectivity index (χ3v) is 8.52. The molecule has 4 rings (SSSR count). The van der Waals surface area contributed by atoms with Crippen molar-refractivity contribution in [1.82, 2.24) is 5.43 Å². The highest BCUT2D eigenvalue weighted by molar-refractivity contribution is 9.10. The monoisotopic (exact) mass is 685 g/mol. The first-order valence-corrected chi connectivity index (χ1v) is 15.0. The van der Waals surface area contributed by atoms with E-state index in [0.717, 1.165) is 14.3 Å². The minimum absolute atomic E-state index is 0.0701. The van der Waals surface area contributed by atoms with Crippen molar-refractivity contribution in [2.45, 2.75) is 11.5 Å². The summed E-state index contributed by atoms with van der Waals surface area (Å²) >= 11 is 6.86. The number of nitrogens with zero attached hydrogens (tertiary/aromatic N) is 2. The molecule has 1 N–H and O–H groups in total. The minimum atomic E-state index is -4.02. The van der Waals surface area contributed by atoms with Gasteiger partial charge in [-0.1, -0.05) is 64.5 Å². The fourth-order valence-electron chi connectivity index (χ4n) is 3.67. The number of benzene rings is 4. The molecule has 0 atom stereocenters. The molecule has 0 unspecified atom stereocenters. The van der Waals surface area contributed by atoms with Gasteiger partial charge in [-0.3, -0.25) is 9.10 Å². The number of anilines is 1. The predicted octanol–water partition coefficient (Wildman–Crippen LogP) is 6.14. The highest BCUT2D eigenvalue weighted by atomic mass is 79.9. The molecule has 11 heteroatoms. The van der Waals surface area contributed by atoms with Crippen LogP contribution in [0.25, 0.3) is 0 Å². The Morgan fingerprint density at radius 2 is 1.60 bits per heavy atom. The molecule has 0 heterocycles. The lowest BCUT2D eigenvalue weighted by atomic mass is 10.2. The number of rotatable bonds is 11. The van der Waals surface area contributed by atoms with Gasteiger partial charge >= 0.3 is 0 Å². The molecule has 4 aromatic rings. The molecule has 0 fully saturated rings. The summed E-state index contributed by atoms with van der Waals surface area (Å²) < 4.78 is 40.7. The maximum atomic E-state index is 13.4. The first-order chi connectivity index (χ1) is 19.3. The second-order valence-electron chi connectivity index (χ2n) is 8.40. The Hall–Kier alpha value is -3.67. The zero-order valence-corrected chi connectivity index (χ0v) is 25.3. The fourth-order valence-corrected chi connectivity index (χ4v) is 5.95. The molecule has 0 aliphatic carbocycles. The van der Waals surface area contributed by atoms with E-state index in [1.807, 2.05) is 30.3 Å². The lowest BCUT2D eigenvalue weighted by Gasteiger charge is -2.23. The van der Waals surface area contributed by atoms with Crippen LogP contribution in [0.3, 0.4) is 0 Å². The van der Waals surface area contributed by atoms with Crippen molar-refractivity contribution >= 4 is 59.7 Å². The molecule has 0 aliphatic rings. The summed E-state index contributed by atoms with van der Waals surface area (Å²) in [6, 6.07) is 27.8. The SMILES string of the molecule is COc1cc(/C=N\NC(=O)CN(c2ccc(Br)cc2)S(=O)(=O)c2ccccc2)cc(Br)c1OCc1ccccc1. The number of hydrazone groups is 1. The van der Waals surface area contributed by atoms with E-state index in [1.165, 1.54) is 25.5 Å². The fraction of sp³-hybridized carbons (Fsp3) is 0.103. The molecule has 8 nitrogen and oxygen atoms in total. The lowest BCUT2D eigenvalue weighted by Crippen LogP contribution is -2.39. The Bertz CT molecular complexity index is 1580. The Morgan fingerprint density at radius 1 is 0.950 bits per heavy atom. The normalized spacial score (nSPS) is 11.3. The largest absolute Gasteiger partial charge is 0.493 e. The number of ether oxygens (including phenoxy) is 2. The van der Waals surface area contributed by atoms with Crippen molar-refractivity contribution in [2.75, 3.05) is 18.0 Å². The number of hydrogen-bond donors (Lipinski definition) is 1. The average Bonchev–Trinajstić information content (AvgIpc) is 2.96. The highest BCUT2D eigenvalue weighted by Crippen LogP contribution is 2.37. The summed E-state index contributed by atoms with van der Waals surface area (Å²) in [5.41, 5.74) is 4.38. The number of sulfonamides is 1. The summed E-state index contributed by atoms with van der Waals surface area (Å²) in [5.74, 6) is 0.393. The molecule has 0 saturated carbocycles. The van der Waals surface area contributed by atoms with Crippen molar-refractivity contribution in [3.05, 3.63) is 117 Å². The van der Waals surface area contributed by atoms with Gasteiger partial charge in [-0.15, -0.1) is 0 Å². The molecule has 0 bridgehead atoms. The van der Waals surface area contributed by atoms with Crippen LogP contribution in [0, 0.1) is 0 Å². The molecule has 0 spiro atoms. The van der Waals surface area contributed by atoms with E-state index in [1.54, 1.807) is 54.6 Å². The van der Waals surface area contributed by atoms with Gasteiger partial charge in [0.25, 0.3) is 15.9 Å². The van der Waals surface area contributed by atoms with Crippen LogP contribution < -0.4 is 19.2 Å². The van der Waals surface area contributed by atoms with Crippen LogP contribution in [0.5, 0.6) is 11.5 Å². The van der Waals surface area contributed by atoms with E-state index in [-0.39, 0.29) is 4.90 Å². The van der Waals surface area contributed by atoms with E-state index in [9.17, 15) is 13.2 Å². The molecular weight excluding hydrogens is 662 g/mol. The first-order valence-electron chi connectivity index (χ1n) is 12.0. The van der Waals surface area contributed by atoms with Crippen LogP contribution in [-0.4, -0.2) is 34.2 Å². The van der Waals surface area contributed by atoms with Crippen LogP contribution in [0.1, 0.15) is 11.1 Å². The highest BCUT2D eigenvalue weighted by Gasteiger charge is 2.27. The molecule has 1 amide bonds. The summed E-state index contributed by atoms with van der Waals surface area (Å²) in [7, 11) is -2.48. The number of methoxy groups -OCH3 is 1. The summed E-state index contributed by atoms with van der Waals surface area (Å²) in [5, 5.41) is 4.03. The third kappa shape index (κ3) is 7.50.